The quantitative estimate of drug-likeness (QED) is 0.826. The second-order valence-corrected chi connectivity index (χ2v) is 5.28. The van der Waals surface area contributed by atoms with Gasteiger partial charge in [0.05, 0.1) is 5.02 Å². The van der Waals surface area contributed by atoms with Gasteiger partial charge >= 0.3 is 0 Å². The predicted molar refractivity (Wildman–Crippen MR) is 86.5 cm³/mol. The van der Waals surface area contributed by atoms with Gasteiger partial charge in [0.25, 0.3) is 0 Å². The SMILES string of the molecule is Cc1cccc(Nc2ccc(C(N)=S)c(Cl)c2)c1C. The van der Waals surface area contributed by atoms with Crippen LogP contribution in [0.2, 0.25) is 5.02 Å². The predicted octanol–water partition coefficient (Wildman–Crippen LogP) is 4.33. The largest absolute Gasteiger partial charge is 0.389 e. The average Bonchev–Trinajstić information content (AvgIpc) is 2.34. The highest BCUT2D eigenvalue weighted by molar-refractivity contribution is 7.80. The average molecular weight is 291 g/mol. The first-order valence-electron chi connectivity index (χ1n) is 5.91. The number of nitrogens with one attached hydrogen (secondary N) is 1. The fourth-order valence-corrected chi connectivity index (χ4v) is 2.35. The van der Waals surface area contributed by atoms with Crippen LogP contribution in [0.3, 0.4) is 0 Å². The molecule has 0 aliphatic rings. The number of benzene rings is 2. The van der Waals surface area contributed by atoms with E-state index >= 15 is 0 Å². The molecule has 0 aliphatic heterocycles. The van der Waals surface area contributed by atoms with E-state index in [0.29, 0.717) is 15.6 Å². The van der Waals surface area contributed by atoms with E-state index in [1.807, 2.05) is 30.3 Å². The molecule has 0 radical (unpaired) electrons. The molecule has 0 aromatic heterocycles. The van der Waals surface area contributed by atoms with Gasteiger partial charge in [-0.2, -0.15) is 0 Å². The summed E-state index contributed by atoms with van der Waals surface area (Å²) in [6.45, 7) is 4.17. The number of hydrogen-bond donors (Lipinski definition) is 2. The third-order valence-electron chi connectivity index (χ3n) is 3.12. The molecule has 4 heteroatoms. The Labute approximate surface area is 123 Å². The van der Waals surface area contributed by atoms with Crippen molar-refractivity contribution in [3.8, 4) is 0 Å². The van der Waals surface area contributed by atoms with Crippen LogP contribution < -0.4 is 11.1 Å². The third-order valence-corrected chi connectivity index (χ3v) is 3.65. The summed E-state index contributed by atoms with van der Waals surface area (Å²) in [7, 11) is 0. The van der Waals surface area contributed by atoms with Crippen LogP contribution in [-0.2, 0) is 0 Å². The van der Waals surface area contributed by atoms with E-state index in [1.165, 1.54) is 11.1 Å². The molecule has 2 rings (SSSR count). The van der Waals surface area contributed by atoms with Crippen molar-refractivity contribution in [2.24, 2.45) is 5.73 Å². The van der Waals surface area contributed by atoms with E-state index in [0.717, 1.165) is 11.4 Å². The highest BCUT2D eigenvalue weighted by Crippen LogP contribution is 2.26. The fourth-order valence-electron chi connectivity index (χ4n) is 1.83. The Morgan fingerprint density at radius 3 is 2.58 bits per heavy atom. The van der Waals surface area contributed by atoms with Crippen LogP contribution >= 0.6 is 23.8 Å². The smallest absolute Gasteiger partial charge is 0.105 e. The maximum absolute atomic E-state index is 6.15. The summed E-state index contributed by atoms with van der Waals surface area (Å²) in [4.78, 5) is 0.309. The highest BCUT2D eigenvalue weighted by Gasteiger charge is 2.06. The molecule has 0 aliphatic carbocycles. The van der Waals surface area contributed by atoms with Crippen molar-refractivity contribution in [2.45, 2.75) is 13.8 Å². The monoisotopic (exact) mass is 290 g/mol. The second-order valence-electron chi connectivity index (χ2n) is 4.43. The molecule has 2 aromatic carbocycles. The van der Waals surface area contributed by atoms with Crippen LogP contribution in [0.15, 0.2) is 36.4 Å². The van der Waals surface area contributed by atoms with Gasteiger partial charge in [-0.15, -0.1) is 0 Å². The summed E-state index contributed by atoms with van der Waals surface area (Å²) < 4.78 is 0. The molecule has 0 saturated heterocycles. The number of anilines is 2. The molecular weight excluding hydrogens is 276 g/mol. The Hall–Kier alpha value is -1.58. The molecule has 0 atom stereocenters. The van der Waals surface area contributed by atoms with Gasteiger partial charge < -0.3 is 11.1 Å². The first-order valence-corrected chi connectivity index (χ1v) is 6.70. The molecule has 0 saturated carbocycles. The first-order chi connectivity index (χ1) is 8.99. The molecular formula is C15H15ClN2S. The van der Waals surface area contributed by atoms with Gasteiger partial charge in [0.1, 0.15) is 4.99 Å². The summed E-state index contributed by atoms with van der Waals surface area (Å²) >= 11 is 11.1. The Morgan fingerprint density at radius 1 is 1.21 bits per heavy atom. The van der Waals surface area contributed by atoms with Crippen molar-refractivity contribution in [3.63, 3.8) is 0 Å². The topological polar surface area (TPSA) is 38.0 Å². The van der Waals surface area contributed by atoms with Crippen molar-refractivity contribution in [1.29, 1.82) is 0 Å². The molecule has 98 valence electrons. The normalized spacial score (nSPS) is 10.3. The second kappa shape index (κ2) is 5.59. The first kappa shape index (κ1) is 13.8. The fraction of sp³-hybridized carbons (Fsp3) is 0.133. The molecule has 3 N–H and O–H groups in total. The Bertz CT molecular complexity index is 638. The van der Waals surface area contributed by atoms with Crippen LogP contribution in [0.4, 0.5) is 11.4 Å². The lowest BCUT2D eigenvalue weighted by atomic mass is 10.1. The number of hydrogen-bond acceptors (Lipinski definition) is 2. The van der Waals surface area contributed by atoms with Crippen LogP contribution in [0, 0.1) is 13.8 Å². The summed E-state index contributed by atoms with van der Waals surface area (Å²) in [5.74, 6) is 0. The number of thiocarbonyl (C=S) groups is 1. The highest BCUT2D eigenvalue weighted by atomic mass is 35.5. The summed E-state index contributed by atoms with van der Waals surface area (Å²) in [5, 5.41) is 3.91. The number of halogens is 1. The molecule has 19 heavy (non-hydrogen) atoms. The van der Waals surface area contributed by atoms with Crippen molar-refractivity contribution in [3.05, 3.63) is 58.1 Å². The maximum atomic E-state index is 6.15. The number of aryl methyl sites for hydroxylation is 1. The molecule has 2 nitrogen and oxygen atoms in total. The van der Waals surface area contributed by atoms with Gasteiger partial charge in [0.2, 0.25) is 0 Å². The molecule has 0 spiro atoms. The van der Waals surface area contributed by atoms with Crippen molar-refractivity contribution in [2.75, 3.05) is 5.32 Å². The van der Waals surface area contributed by atoms with Gasteiger partial charge in [-0.3, -0.25) is 0 Å². The lowest BCUT2D eigenvalue weighted by Gasteiger charge is -2.12. The van der Waals surface area contributed by atoms with Crippen molar-refractivity contribution < 1.29 is 0 Å². The Morgan fingerprint density at radius 2 is 1.95 bits per heavy atom. The lowest BCUT2D eigenvalue weighted by Crippen LogP contribution is -2.10. The van der Waals surface area contributed by atoms with Crippen LogP contribution in [0.5, 0.6) is 0 Å². The van der Waals surface area contributed by atoms with Crippen LogP contribution in [-0.4, -0.2) is 4.99 Å². The lowest BCUT2D eigenvalue weighted by molar-refractivity contribution is 1.33. The molecule has 2 aromatic rings. The molecule has 0 fully saturated rings. The third kappa shape index (κ3) is 3.06. The Balaban J connectivity index is 2.32. The van der Waals surface area contributed by atoms with E-state index in [1.54, 1.807) is 0 Å². The molecule has 0 bridgehead atoms. The van der Waals surface area contributed by atoms with E-state index in [4.69, 9.17) is 29.6 Å². The van der Waals surface area contributed by atoms with E-state index in [9.17, 15) is 0 Å². The summed E-state index contributed by atoms with van der Waals surface area (Å²) in [5.41, 5.74) is 10.7. The molecule has 0 heterocycles. The van der Waals surface area contributed by atoms with E-state index in [-0.39, 0.29) is 0 Å². The van der Waals surface area contributed by atoms with Crippen molar-refractivity contribution in [1.82, 2.24) is 0 Å². The zero-order valence-corrected chi connectivity index (χ0v) is 12.4. The molecule has 0 unspecified atom stereocenters. The minimum Gasteiger partial charge on any atom is -0.389 e. The van der Waals surface area contributed by atoms with Gasteiger partial charge in [0, 0.05) is 16.9 Å². The Kier molecular flexibility index (Phi) is 4.08. The zero-order valence-electron chi connectivity index (χ0n) is 10.8. The van der Waals surface area contributed by atoms with Gasteiger partial charge in [-0.1, -0.05) is 36.0 Å². The van der Waals surface area contributed by atoms with Crippen LogP contribution in [0.1, 0.15) is 16.7 Å². The van der Waals surface area contributed by atoms with Crippen LogP contribution in [0.25, 0.3) is 0 Å². The minimum absolute atomic E-state index is 0.309. The maximum Gasteiger partial charge on any atom is 0.105 e. The van der Waals surface area contributed by atoms with E-state index < -0.39 is 0 Å². The van der Waals surface area contributed by atoms with Gasteiger partial charge in [0.15, 0.2) is 0 Å². The van der Waals surface area contributed by atoms with Gasteiger partial charge in [-0.05, 0) is 49.2 Å². The number of nitrogens with two attached hydrogens (primary N) is 1. The summed E-state index contributed by atoms with van der Waals surface area (Å²) in [6, 6.07) is 11.7. The summed E-state index contributed by atoms with van der Waals surface area (Å²) in [6.07, 6.45) is 0. The zero-order chi connectivity index (χ0) is 14.0. The van der Waals surface area contributed by atoms with Gasteiger partial charge in [-0.25, -0.2) is 0 Å². The van der Waals surface area contributed by atoms with Crippen molar-refractivity contribution >= 4 is 40.2 Å². The molecule has 0 amide bonds. The number of rotatable bonds is 3. The minimum atomic E-state index is 0.309. The standard InChI is InChI=1S/C15H15ClN2S/c1-9-4-3-5-14(10(9)2)18-11-6-7-12(15(17)19)13(16)8-11/h3-8,18H,1-2H3,(H2,17,19). The van der Waals surface area contributed by atoms with E-state index in [2.05, 4.69) is 25.2 Å².